The van der Waals surface area contributed by atoms with Crippen LogP contribution < -0.4 is 4.74 Å². The third-order valence-electron chi connectivity index (χ3n) is 2.18. The van der Waals surface area contributed by atoms with E-state index in [9.17, 15) is 0 Å². The highest BCUT2D eigenvalue weighted by Crippen LogP contribution is 2.23. The quantitative estimate of drug-likeness (QED) is 0.700. The molecule has 1 rings (SSSR count). The van der Waals surface area contributed by atoms with Gasteiger partial charge in [-0.3, -0.25) is 0 Å². The fourth-order valence-corrected chi connectivity index (χ4v) is 1.58. The summed E-state index contributed by atoms with van der Waals surface area (Å²) in [6.45, 7) is 7.00. The molecule has 76 valence electrons. The second-order valence-electron chi connectivity index (χ2n) is 3.65. The molecule has 0 spiro atoms. The molecule has 14 heavy (non-hydrogen) atoms. The molecule has 0 bridgehead atoms. The smallest absolute Gasteiger partial charge is 0.120 e. The van der Waals surface area contributed by atoms with Gasteiger partial charge in [-0.15, -0.1) is 0 Å². The minimum atomic E-state index is 0.496. The van der Waals surface area contributed by atoms with Gasteiger partial charge in [0.05, 0.1) is 0 Å². The lowest BCUT2D eigenvalue weighted by molar-refractivity contribution is 0.382. The van der Waals surface area contributed by atoms with Crippen molar-refractivity contribution in [3.8, 4) is 5.75 Å². The highest BCUT2D eigenvalue weighted by atomic mass is 32.1. The molecule has 0 fully saturated rings. The normalized spacial score (nSPS) is 10.3. The summed E-state index contributed by atoms with van der Waals surface area (Å²) in [7, 11) is 0. The maximum absolute atomic E-state index is 5.41. The summed E-state index contributed by atoms with van der Waals surface area (Å²) in [5.41, 5.74) is 2.65. The van der Waals surface area contributed by atoms with E-state index in [2.05, 4.69) is 32.9 Å². The van der Waals surface area contributed by atoms with E-state index in [0.29, 0.717) is 12.5 Å². The number of rotatable bonds is 4. The minimum absolute atomic E-state index is 0.496. The summed E-state index contributed by atoms with van der Waals surface area (Å²) in [6, 6.07) is 6.19. The van der Waals surface area contributed by atoms with Crippen molar-refractivity contribution in [2.45, 2.75) is 26.7 Å². The van der Waals surface area contributed by atoms with Crippen LogP contribution in [0, 0.1) is 6.92 Å². The SMILES string of the molecule is Cc1cc(OCC=S)ccc1C(C)C. The molecule has 0 aromatic heterocycles. The maximum atomic E-state index is 5.41. The number of aryl methyl sites for hydroxylation is 1. The van der Waals surface area contributed by atoms with Gasteiger partial charge in [-0.05, 0) is 36.1 Å². The van der Waals surface area contributed by atoms with Gasteiger partial charge in [-0.25, -0.2) is 0 Å². The average molecular weight is 208 g/mol. The predicted octanol–water partition coefficient (Wildman–Crippen LogP) is 3.50. The van der Waals surface area contributed by atoms with Crippen molar-refractivity contribution in [3.05, 3.63) is 29.3 Å². The van der Waals surface area contributed by atoms with E-state index in [-0.39, 0.29) is 0 Å². The second-order valence-corrected chi connectivity index (χ2v) is 3.98. The van der Waals surface area contributed by atoms with Gasteiger partial charge in [0, 0.05) is 5.37 Å². The van der Waals surface area contributed by atoms with Gasteiger partial charge in [0.1, 0.15) is 12.4 Å². The highest BCUT2D eigenvalue weighted by Gasteiger charge is 2.03. The van der Waals surface area contributed by atoms with Crippen molar-refractivity contribution in [2.75, 3.05) is 6.61 Å². The largest absolute Gasteiger partial charge is 0.489 e. The van der Waals surface area contributed by atoms with E-state index < -0.39 is 0 Å². The molecule has 0 heterocycles. The molecule has 0 saturated carbocycles. The molecule has 0 aliphatic heterocycles. The molecule has 0 unspecified atom stereocenters. The van der Waals surface area contributed by atoms with E-state index in [0.717, 1.165) is 5.75 Å². The molecule has 0 saturated heterocycles. The van der Waals surface area contributed by atoms with Crippen molar-refractivity contribution in [1.29, 1.82) is 0 Å². The van der Waals surface area contributed by atoms with E-state index in [1.54, 1.807) is 5.37 Å². The summed E-state index contributed by atoms with van der Waals surface area (Å²) >= 11 is 4.70. The molecule has 1 nitrogen and oxygen atoms in total. The van der Waals surface area contributed by atoms with Crippen LogP contribution >= 0.6 is 12.2 Å². The topological polar surface area (TPSA) is 9.23 Å². The molecule has 0 aliphatic rings. The number of hydrogen-bond acceptors (Lipinski definition) is 2. The number of benzene rings is 1. The van der Waals surface area contributed by atoms with Crippen LogP contribution in [0.15, 0.2) is 18.2 Å². The van der Waals surface area contributed by atoms with Gasteiger partial charge in [-0.2, -0.15) is 0 Å². The van der Waals surface area contributed by atoms with Crippen LogP contribution in [0.3, 0.4) is 0 Å². The molecule has 2 heteroatoms. The summed E-state index contributed by atoms with van der Waals surface area (Å²) in [6.07, 6.45) is 0. The third kappa shape index (κ3) is 2.81. The van der Waals surface area contributed by atoms with Gasteiger partial charge in [0.15, 0.2) is 0 Å². The lowest BCUT2D eigenvalue weighted by Crippen LogP contribution is -1.98. The average Bonchev–Trinajstić information content (AvgIpc) is 2.14. The van der Waals surface area contributed by atoms with Gasteiger partial charge in [0.2, 0.25) is 0 Å². The maximum Gasteiger partial charge on any atom is 0.120 e. The summed E-state index contributed by atoms with van der Waals surface area (Å²) in [5.74, 6) is 1.46. The van der Waals surface area contributed by atoms with Crippen molar-refractivity contribution < 1.29 is 4.74 Å². The summed E-state index contributed by atoms with van der Waals surface area (Å²) in [4.78, 5) is 0. The van der Waals surface area contributed by atoms with Crippen LogP contribution in [0.1, 0.15) is 30.9 Å². The van der Waals surface area contributed by atoms with Crippen LogP contribution in [-0.2, 0) is 0 Å². The van der Waals surface area contributed by atoms with E-state index in [4.69, 9.17) is 17.0 Å². The first kappa shape index (κ1) is 11.2. The Balaban J connectivity index is 2.83. The van der Waals surface area contributed by atoms with Gasteiger partial charge in [0.25, 0.3) is 0 Å². The molecule has 0 radical (unpaired) electrons. The Bertz CT molecular complexity index is 318. The predicted molar refractivity (Wildman–Crippen MR) is 64.4 cm³/mol. The van der Waals surface area contributed by atoms with E-state index >= 15 is 0 Å². The molecular formula is C12H16OS. The number of thiocarbonyl (C=S) groups is 1. The standard InChI is InChI=1S/C12H16OS/c1-9(2)12-5-4-11(8-10(12)3)13-6-7-14/h4-5,7-9H,6H2,1-3H3. The summed E-state index contributed by atoms with van der Waals surface area (Å²) in [5, 5.41) is 1.59. The Morgan fingerprint density at radius 1 is 1.43 bits per heavy atom. The molecular weight excluding hydrogens is 192 g/mol. The molecule has 0 atom stereocenters. The monoisotopic (exact) mass is 208 g/mol. The molecule has 1 aromatic rings. The fourth-order valence-electron chi connectivity index (χ4n) is 1.52. The van der Waals surface area contributed by atoms with Crippen molar-refractivity contribution in [2.24, 2.45) is 0 Å². The van der Waals surface area contributed by atoms with Crippen LogP contribution in [0.25, 0.3) is 0 Å². The van der Waals surface area contributed by atoms with Crippen LogP contribution in [0.2, 0.25) is 0 Å². The first-order chi connectivity index (χ1) is 6.65. The fraction of sp³-hybridized carbons (Fsp3) is 0.417. The van der Waals surface area contributed by atoms with Gasteiger partial charge < -0.3 is 4.74 Å². The third-order valence-corrected chi connectivity index (χ3v) is 2.32. The zero-order valence-electron chi connectivity index (χ0n) is 8.91. The first-order valence-electron chi connectivity index (χ1n) is 4.82. The van der Waals surface area contributed by atoms with Crippen molar-refractivity contribution in [3.63, 3.8) is 0 Å². The van der Waals surface area contributed by atoms with Crippen LogP contribution in [-0.4, -0.2) is 12.0 Å². The van der Waals surface area contributed by atoms with Crippen molar-refractivity contribution >= 4 is 17.6 Å². The van der Waals surface area contributed by atoms with Gasteiger partial charge >= 0.3 is 0 Å². The Hall–Kier alpha value is -0.890. The molecule has 0 aliphatic carbocycles. The second kappa shape index (κ2) is 5.11. The molecule has 0 amide bonds. The first-order valence-corrected chi connectivity index (χ1v) is 5.29. The van der Waals surface area contributed by atoms with Gasteiger partial charge in [-0.1, -0.05) is 32.1 Å². The zero-order valence-corrected chi connectivity index (χ0v) is 9.73. The Labute approximate surface area is 91.1 Å². The number of hydrogen-bond donors (Lipinski definition) is 0. The van der Waals surface area contributed by atoms with E-state index in [1.807, 2.05) is 6.07 Å². The zero-order chi connectivity index (χ0) is 10.6. The van der Waals surface area contributed by atoms with E-state index in [1.165, 1.54) is 11.1 Å². The minimum Gasteiger partial charge on any atom is -0.489 e. The molecule has 0 N–H and O–H groups in total. The Morgan fingerprint density at radius 2 is 2.14 bits per heavy atom. The van der Waals surface area contributed by atoms with Crippen molar-refractivity contribution in [1.82, 2.24) is 0 Å². The molecule has 1 aromatic carbocycles. The summed E-state index contributed by atoms with van der Waals surface area (Å²) < 4.78 is 5.41. The Kier molecular flexibility index (Phi) is 4.08. The Morgan fingerprint density at radius 3 is 2.64 bits per heavy atom. The van der Waals surface area contributed by atoms with Crippen LogP contribution in [0.4, 0.5) is 0 Å². The number of ether oxygens (including phenoxy) is 1. The lowest BCUT2D eigenvalue weighted by Gasteiger charge is -2.11. The lowest BCUT2D eigenvalue weighted by atomic mass is 9.98. The highest BCUT2D eigenvalue weighted by molar-refractivity contribution is 7.79. The van der Waals surface area contributed by atoms with Crippen LogP contribution in [0.5, 0.6) is 5.75 Å².